The van der Waals surface area contributed by atoms with Crippen molar-refractivity contribution in [1.82, 2.24) is 20.0 Å². The summed E-state index contributed by atoms with van der Waals surface area (Å²) in [6.45, 7) is 10.6. The fourth-order valence-electron chi connectivity index (χ4n) is 3.49. The lowest BCUT2D eigenvalue weighted by atomic mass is 10.0. The topological polar surface area (TPSA) is 54.7 Å². The Morgan fingerprint density at radius 3 is 2.89 bits per heavy atom. The molecule has 0 aliphatic carbocycles. The summed E-state index contributed by atoms with van der Waals surface area (Å²) in [5, 5.41) is 7.78. The molecule has 0 spiro atoms. The quantitative estimate of drug-likeness (QED) is 0.588. The molecule has 2 heterocycles. The molecule has 0 bridgehead atoms. The van der Waals surface area contributed by atoms with Gasteiger partial charge in [-0.25, -0.2) is 4.99 Å². The third kappa shape index (κ3) is 5.27. The van der Waals surface area contributed by atoms with Gasteiger partial charge in [0, 0.05) is 44.4 Å². The van der Waals surface area contributed by atoms with Gasteiger partial charge in [0.2, 0.25) is 0 Å². The first-order valence-corrected chi connectivity index (χ1v) is 10.3. The number of benzene rings is 1. The maximum absolute atomic E-state index is 5.98. The number of nitrogens with zero attached hydrogens (tertiary/aromatic N) is 4. The van der Waals surface area contributed by atoms with Crippen molar-refractivity contribution < 1.29 is 4.74 Å². The largest absolute Gasteiger partial charge is 0.493 e. The molecule has 1 unspecified atom stereocenters. The van der Waals surface area contributed by atoms with Crippen LogP contribution in [0.5, 0.6) is 5.75 Å². The number of para-hydroxylation sites is 1. The van der Waals surface area contributed by atoms with Crippen molar-refractivity contribution in [1.29, 1.82) is 0 Å². The van der Waals surface area contributed by atoms with Crippen LogP contribution in [0, 0.1) is 5.92 Å². The van der Waals surface area contributed by atoms with Gasteiger partial charge in [-0.1, -0.05) is 32.0 Å². The van der Waals surface area contributed by atoms with Gasteiger partial charge < -0.3 is 15.0 Å². The number of hydrogen-bond acceptors (Lipinski definition) is 3. The van der Waals surface area contributed by atoms with Gasteiger partial charge in [0.15, 0.2) is 5.96 Å². The fraction of sp³-hybridized carbons (Fsp3) is 0.545. The van der Waals surface area contributed by atoms with Crippen LogP contribution >= 0.6 is 0 Å². The van der Waals surface area contributed by atoms with Gasteiger partial charge in [0.05, 0.1) is 19.3 Å². The lowest BCUT2D eigenvalue weighted by molar-refractivity contribution is 0.268. The Kier molecular flexibility index (Phi) is 6.95. The third-order valence-electron chi connectivity index (χ3n) is 4.96. The van der Waals surface area contributed by atoms with Crippen LogP contribution in [0.2, 0.25) is 0 Å². The van der Waals surface area contributed by atoms with Gasteiger partial charge >= 0.3 is 0 Å². The van der Waals surface area contributed by atoms with Gasteiger partial charge in [0.25, 0.3) is 0 Å². The number of likely N-dealkylation sites (tertiary alicyclic amines) is 1. The van der Waals surface area contributed by atoms with Crippen molar-refractivity contribution >= 4 is 5.96 Å². The predicted octanol–water partition coefficient (Wildman–Crippen LogP) is 3.41. The average molecular weight is 384 g/mol. The Labute approximate surface area is 168 Å². The van der Waals surface area contributed by atoms with Crippen LogP contribution in [-0.2, 0) is 13.6 Å². The monoisotopic (exact) mass is 383 g/mol. The van der Waals surface area contributed by atoms with E-state index in [-0.39, 0.29) is 0 Å². The van der Waals surface area contributed by atoms with E-state index in [4.69, 9.17) is 9.73 Å². The molecule has 2 aromatic rings. The van der Waals surface area contributed by atoms with Gasteiger partial charge in [-0.2, -0.15) is 5.10 Å². The van der Waals surface area contributed by atoms with E-state index < -0.39 is 0 Å². The molecule has 1 aromatic carbocycles. The van der Waals surface area contributed by atoms with Crippen LogP contribution in [0.3, 0.4) is 0 Å². The van der Waals surface area contributed by atoms with Crippen LogP contribution in [0.1, 0.15) is 44.2 Å². The fourth-order valence-corrected chi connectivity index (χ4v) is 3.49. The van der Waals surface area contributed by atoms with E-state index in [1.807, 2.05) is 36.1 Å². The normalized spacial score (nSPS) is 17.4. The highest BCUT2D eigenvalue weighted by Crippen LogP contribution is 2.27. The van der Waals surface area contributed by atoms with E-state index in [1.54, 1.807) is 0 Å². The van der Waals surface area contributed by atoms with Crippen molar-refractivity contribution in [2.45, 2.75) is 39.7 Å². The van der Waals surface area contributed by atoms with Crippen LogP contribution in [0.4, 0.5) is 0 Å². The first-order valence-electron chi connectivity index (χ1n) is 10.3. The molecule has 1 aromatic heterocycles. The van der Waals surface area contributed by atoms with E-state index in [0.29, 0.717) is 18.4 Å². The zero-order valence-electron chi connectivity index (χ0n) is 17.6. The number of aromatic nitrogens is 2. The number of aliphatic imine (C=N–C) groups is 1. The number of hydrogen-bond donors (Lipinski definition) is 1. The maximum Gasteiger partial charge on any atom is 0.194 e. The SMILES string of the molecule is CCNC(=NCc1ccccc1OCC(C)C)N1CCC(c2cnn(C)c2)C1. The lowest BCUT2D eigenvalue weighted by Gasteiger charge is -2.22. The molecule has 6 heteroatoms. The van der Waals surface area contributed by atoms with Gasteiger partial charge in [-0.05, 0) is 30.9 Å². The van der Waals surface area contributed by atoms with Gasteiger partial charge in [-0.15, -0.1) is 0 Å². The van der Waals surface area contributed by atoms with E-state index in [2.05, 4.69) is 48.3 Å². The Hall–Kier alpha value is -2.50. The molecule has 3 rings (SSSR count). The highest BCUT2D eigenvalue weighted by molar-refractivity contribution is 5.80. The minimum absolute atomic E-state index is 0.503. The Balaban J connectivity index is 1.68. The maximum atomic E-state index is 5.98. The molecule has 6 nitrogen and oxygen atoms in total. The molecular weight excluding hydrogens is 350 g/mol. The third-order valence-corrected chi connectivity index (χ3v) is 4.96. The van der Waals surface area contributed by atoms with Gasteiger partial charge in [-0.3, -0.25) is 4.68 Å². The molecule has 1 fully saturated rings. The number of nitrogens with one attached hydrogen (secondary N) is 1. The summed E-state index contributed by atoms with van der Waals surface area (Å²) < 4.78 is 7.86. The molecule has 1 aliphatic heterocycles. The summed E-state index contributed by atoms with van der Waals surface area (Å²) in [7, 11) is 1.97. The first kappa shape index (κ1) is 20.2. The summed E-state index contributed by atoms with van der Waals surface area (Å²) in [6, 6.07) is 8.21. The summed E-state index contributed by atoms with van der Waals surface area (Å²) in [6.07, 6.45) is 5.24. The van der Waals surface area contributed by atoms with Crippen molar-refractivity contribution in [3.05, 3.63) is 47.8 Å². The molecule has 0 radical (unpaired) electrons. The molecular formula is C22H33N5O. The van der Waals surface area contributed by atoms with Crippen molar-refractivity contribution in [2.75, 3.05) is 26.2 Å². The molecule has 152 valence electrons. The van der Waals surface area contributed by atoms with Crippen molar-refractivity contribution in [2.24, 2.45) is 18.0 Å². The zero-order valence-corrected chi connectivity index (χ0v) is 17.6. The van der Waals surface area contributed by atoms with Gasteiger partial charge in [0.1, 0.15) is 5.75 Å². The molecule has 0 saturated carbocycles. The second-order valence-electron chi connectivity index (χ2n) is 7.86. The van der Waals surface area contributed by atoms with Crippen LogP contribution in [0.15, 0.2) is 41.7 Å². The standard InChI is InChI=1S/C22H33N5O/c1-5-23-22(27-11-10-19(15-27)20-13-25-26(4)14-20)24-12-18-8-6-7-9-21(18)28-16-17(2)3/h6-9,13-14,17,19H,5,10-12,15-16H2,1-4H3,(H,23,24). The summed E-state index contributed by atoms with van der Waals surface area (Å²) >= 11 is 0. The number of guanidine groups is 1. The van der Waals surface area contributed by atoms with Crippen molar-refractivity contribution in [3.8, 4) is 5.75 Å². The molecule has 0 amide bonds. The Bertz CT molecular complexity index is 783. The molecule has 1 atom stereocenters. The summed E-state index contributed by atoms with van der Waals surface area (Å²) in [5.74, 6) is 2.93. The molecule has 28 heavy (non-hydrogen) atoms. The van der Waals surface area contributed by atoms with E-state index in [1.165, 1.54) is 5.56 Å². The Morgan fingerprint density at radius 1 is 1.36 bits per heavy atom. The number of aryl methyl sites for hydroxylation is 1. The molecule has 1 aliphatic rings. The van der Waals surface area contributed by atoms with Crippen LogP contribution < -0.4 is 10.1 Å². The number of rotatable bonds is 7. The number of ether oxygens (including phenoxy) is 1. The average Bonchev–Trinajstić information content (AvgIpc) is 3.33. The van der Waals surface area contributed by atoms with Crippen molar-refractivity contribution in [3.63, 3.8) is 0 Å². The predicted molar refractivity (Wildman–Crippen MR) is 114 cm³/mol. The highest BCUT2D eigenvalue weighted by Gasteiger charge is 2.26. The summed E-state index contributed by atoms with van der Waals surface area (Å²) in [4.78, 5) is 7.28. The van der Waals surface area contributed by atoms with Crippen LogP contribution in [-0.4, -0.2) is 46.9 Å². The lowest BCUT2D eigenvalue weighted by Crippen LogP contribution is -2.40. The second kappa shape index (κ2) is 9.62. The Morgan fingerprint density at radius 2 is 2.18 bits per heavy atom. The highest BCUT2D eigenvalue weighted by atomic mass is 16.5. The molecule has 1 N–H and O–H groups in total. The summed E-state index contributed by atoms with van der Waals surface area (Å²) in [5.41, 5.74) is 2.44. The minimum atomic E-state index is 0.503. The first-order chi connectivity index (χ1) is 13.6. The molecule has 1 saturated heterocycles. The zero-order chi connectivity index (χ0) is 19.9. The van der Waals surface area contributed by atoms with E-state index in [9.17, 15) is 0 Å². The van der Waals surface area contributed by atoms with E-state index >= 15 is 0 Å². The van der Waals surface area contributed by atoms with E-state index in [0.717, 1.165) is 49.9 Å². The smallest absolute Gasteiger partial charge is 0.194 e. The van der Waals surface area contributed by atoms with Crippen LogP contribution in [0.25, 0.3) is 0 Å². The minimum Gasteiger partial charge on any atom is -0.493 e. The second-order valence-corrected chi connectivity index (χ2v) is 7.86.